The molecule has 3 rings (SSSR count). The molecule has 0 radical (unpaired) electrons. The van der Waals surface area contributed by atoms with Crippen LogP contribution in [0.5, 0.6) is 0 Å². The molecule has 0 saturated carbocycles. The Balaban J connectivity index is 1.69. The molecular formula is C18H17ClN2O4. The molecular weight excluding hydrogens is 344 g/mol. The van der Waals surface area contributed by atoms with Crippen LogP contribution in [0.15, 0.2) is 48.7 Å². The lowest BCUT2D eigenvalue weighted by Crippen LogP contribution is -2.30. The van der Waals surface area contributed by atoms with Crippen molar-refractivity contribution < 1.29 is 19.4 Å². The van der Waals surface area contributed by atoms with Gasteiger partial charge in [-0.05, 0) is 23.3 Å². The number of carboxylic acids is 1. The van der Waals surface area contributed by atoms with Gasteiger partial charge in [0.1, 0.15) is 11.8 Å². The van der Waals surface area contributed by atoms with Crippen molar-refractivity contribution in [1.82, 2.24) is 9.88 Å². The second-order valence-electron chi connectivity index (χ2n) is 5.91. The lowest BCUT2D eigenvalue weighted by atomic mass is 9.90. The Kier molecular flexibility index (Phi) is 5.19. The van der Waals surface area contributed by atoms with Gasteiger partial charge in [0.2, 0.25) is 0 Å². The van der Waals surface area contributed by atoms with Gasteiger partial charge < -0.3 is 14.7 Å². The normalized spacial score (nSPS) is 19.6. The van der Waals surface area contributed by atoms with E-state index in [-0.39, 0.29) is 25.6 Å². The number of rotatable bonds is 4. The molecule has 0 spiro atoms. The summed E-state index contributed by atoms with van der Waals surface area (Å²) >= 11 is 5.90. The maximum atomic E-state index is 12.3. The summed E-state index contributed by atoms with van der Waals surface area (Å²) in [5.74, 6) is -2.00. The number of pyridine rings is 1. The predicted molar refractivity (Wildman–Crippen MR) is 91.3 cm³/mol. The van der Waals surface area contributed by atoms with Crippen LogP contribution in [0.3, 0.4) is 0 Å². The van der Waals surface area contributed by atoms with Crippen molar-refractivity contribution in [2.75, 3.05) is 13.1 Å². The van der Waals surface area contributed by atoms with Crippen LogP contribution in [0.2, 0.25) is 5.15 Å². The molecule has 1 aliphatic heterocycles. The summed E-state index contributed by atoms with van der Waals surface area (Å²) in [5, 5.41) is 9.79. The quantitative estimate of drug-likeness (QED) is 0.847. The van der Waals surface area contributed by atoms with Gasteiger partial charge in [-0.1, -0.05) is 41.9 Å². The van der Waals surface area contributed by atoms with Crippen LogP contribution >= 0.6 is 11.6 Å². The Labute approximate surface area is 150 Å². The Hall–Kier alpha value is -2.60. The number of amides is 1. The number of aliphatic carboxylic acids is 1. The van der Waals surface area contributed by atoms with E-state index < -0.39 is 18.0 Å². The van der Waals surface area contributed by atoms with E-state index in [1.165, 1.54) is 11.1 Å². The highest BCUT2D eigenvalue weighted by molar-refractivity contribution is 6.29. The third kappa shape index (κ3) is 4.09. The number of aromatic nitrogens is 1. The van der Waals surface area contributed by atoms with E-state index in [9.17, 15) is 14.7 Å². The fourth-order valence-corrected chi connectivity index (χ4v) is 3.18. The average molecular weight is 361 g/mol. The molecule has 2 unspecified atom stereocenters. The zero-order valence-electron chi connectivity index (χ0n) is 13.3. The lowest BCUT2D eigenvalue weighted by molar-refractivity contribution is -0.141. The van der Waals surface area contributed by atoms with Crippen LogP contribution in [0, 0.1) is 5.92 Å². The van der Waals surface area contributed by atoms with Crippen molar-refractivity contribution in [2.45, 2.75) is 12.5 Å². The maximum absolute atomic E-state index is 12.3. The minimum Gasteiger partial charge on any atom is -0.481 e. The van der Waals surface area contributed by atoms with Crippen LogP contribution in [0.1, 0.15) is 17.0 Å². The van der Waals surface area contributed by atoms with Crippen molar-refractivity contribution >= 4 is 23.7 Å². The molecule has 130 valence electrons. The predicted octanol–water partition coefficient (Wildman–Crippen LogP) is 3.17. The number of halogens is 1. The third-order valence-corrected chi connectivity index (χ3v) is 4.49. The van der Waals surface area contributed by atoms with Crippen molar-refractivity contribution in [3.63, 3.8) is 0 Å². The monoisotopic (exact) mass is 360 g/mol. The van der Waals surface area contributed by atoms with E-state index >= 15 is 0 Å². The smallest absolute Gasteiger partial charge is 0.410 e. The molecule has 0 aliphatic carbocycles. The fraction of sp³-hybridized carbons (Fsp3) is 0.278. The van der Waals surface area contributed by atoms with Gasteiger partial charge in [-0.3, -0.25) is 4.79 Å². The van der Waals surface area contributed by atoms with Crippen LogP contribution in [0.4, 0.5) is 4.79 Å². The molecule has 0 bridgehead atoms. The first-order valence-electron chi connectivity index (χ1n) is 7.84. The number of likely N-dealkylation sites (tertiary alicyclic amines) is 1. The number of carbonyl (C=O) groups is 2. The molecule has 6 nitrogen and oxygen atoms in total. The molecule has 25 heavy (non-hydrogen) atoms. The molecule has 2 atom stereocenters. The molecule has 1 saturated heterocycles. The Morgan fingerprint density at radius 3 is 2.68 bits per heavy atom. The first-order chi connectivity index (χ1) is 12.0. The van der Waals surface area contributed by atoms with Crippen molar-refractivity contribution in [1.29, 1.82) is 0 Å². The highest BCUT2D eigenvalue weighted by Crippen LogP contribution is 2.34. The molecule has 1 amide bonds. The van der Waals surface area contributed by atoms with E-state index in [2.05, 4.69) is 4.98 Å². The van der Waals surface area contributed by atoms with Crippen molar-refractivity contribution in [3.8, 4) is 0 Å². The van der Waals surface area contributed by atoms with Crippen LogP contribution < -0.4 is 0 Å². The Bertz CT molecular complexity index is 769. The minimum absolute atomic E-state index is 0.105. The largest absolute Gasteiger partial charge is 0.481 e. The zero-order chi connectivity index (χ0) is 17.8. The SMILES string of the molecule is O=C(O)C1CN(C(=O)OCc2ccccc2)CC1c1ccnc(Cl)c1. The molecule has 2 heterocycles. The fourth-order valence-electron chi connectivity index (χ4n) is 3.00. The second-order valence-corrected chi connectivity index (χ2v) is 6.30. The number of carbonyl (C=O) groups excluding carboxylic acids is 1. The summed E-state index contributed by atoms with van der Waals surface area (Å²) in [7, 11) is 0. The number of ether oxygens (including phenoxy) is 1. The van der Waals surface area contributed by atoms with Gasteiger partial charge in [0.25, 0.3) is 0 Å². The Morgan fingerprint density at radius 2 is 2.00 bits per heavy atom. The highest BCUT2D eigenvalue weighted by Gasteiger charge is 2.41. The van der Waals surface area contributed by atoms with Crippen LogP contribution in [0.25, 0.3) is 0 Å². The summed E-state index contributed by atoms with van der Waals surface area (Å²) in [4.78, 5) is 29.2. The lowest BCUT2D eigenvalue weighted by Gasteiger charge is -2.16. The second kappa shape index (κ2) is 7.53. The zero-order valence-corrected chi connectivity index (χ0v) is 14.1. The summed E-state index contributed by atoms with van der Waals surface area (Å²) in [6.07, 6.45) is 1.02. The highest BCUT2D eigenvalue weighted by atomic mass is 35.5. The molecule has 1 aromatic carbocycles. The summed E-state index contributed by atoms with van der Waals surface area (Å²) in [6.45, 7) is 0.526. The average Bonchev–Trinajstić information content (AvgIpc) is 3.06. The number of benzene rings is 1. The number of hydrogen-bond donors (Lipinski definition) is 1. The minimum atomic E-state index is -0.948. The van der Waals surface area contributed by atoms with Gasteiger partial charge in [0.15, 0.2) is 0 Å². The van der Waals surface area contributed by atoms with E-state index in [1.807, 2.05) is 30.3 Å². The van der Waals surface area contributed by atoms with E-state index in [0.717, 1.165) is 11.1 Å². The van der Waals surface area contributed by atoms with E-state index in [4.69, 9.17) is 16.3 Å². The summed E-state index contributed by atoms with van der Waals surface area (Å²) < 4.78 is 5.30. The van der Waals surface area contributed by atoms with Crippen LogP contribution in [-0.4, -0.2) is 40.1 Å². The summed E-state index contributed by atoms with van der Waals surface area (Å²) in [6, 6.07) is 12.7. The molecule has 7 heteroatoms. The molecule has 1 aliphatic rings. The third-order valence-electron chi connectivity index (χ3n) is 4.28. The van der Waals surface area contributed by atoms with Gasteiger partial charge in [0, 0.05) is 25.2 Å². The first kappa shape index (κ1) is 17.2. The van der Waals surface area contributed by atoms with Crippen molar-refractivity contribution in [3.05, 3.63) is 64.9 Å². The van der Waals surface area contributed by atoms with E-state index in [0.29, 0.717) is 5.15 Å². The molecule has 1 aromatic heterocycles. The van der Waals surface area contributed by atoms with Gasteiger partial charge in [-0.15, -0.1) is 0 Å². The van der Waals surface area contributed by atoms with Crippen LogP contribution in [-0.2, 0) is 16.1 Å². The summed E-state index contributed by atoms with van der Waals surface area (Å²) in [5.41, 5.74) is 1.63. The topological polar surface area (TPSA) is 79.7 Å². The molecule has 1 N–H and O–H groups in total. The number of nitrogens with zero attached hydrogens (tertiary/aromatic N) is 2. The number of carboxylic acid groups (broad SMARTS) is 1. The Morgan fingerprint density at radius 1 is 1.24 bits per heavy atom. The molecule has 2 aromatic rings. The van der Waals surface area contributed by atoms with Gasteiger partial charge in [-0.25, -0.2) is 9.78 Å². The van der Waals surface area contributed by atoms with Crippen molar-refractivity contribution in [2.24, 2.45) is 5.92 Å². The number of hydrogen-bond acceptors (Lipinski definition) is 4. The van der Waals surface area contributed by atoms with E-state index in [1.54, 1.807) is 12.1 Å². The standard InChI is InChI=1S/C18H17ClN2O4/c19-16-8-13(6-7-20-16)14-9-21(10-15(14)17(22)23)18(24)25-11-12-4-2-1-3-5-12/h1-8,14-15H,9-11H2,(H,22,23). The maximum Gasteiger partial charge on any atom is 0.410 e. The van der Waals surface area contributed by atoms with Gasteiger partial charge in [0.05, 0.1) is 5.92 Å². The first-order valence-corrected chi connectivity index (χ1v) is 8.22. The van der Waals surface area contributed by atoms with Gasteiger partial charge >= 0.3 is 12.1 Å². The van der Waals surface area contributed by atoms with Gasteiger partial charge in [-0.2, -0.15) is 0 Å². The molecule has 1 fully saturated rings.